The highest BCUT2D eigenvalue weighted by Gasteiger charge is 2.23. The van der Waals surface area contributed by atoms with Crippen LogP contribution in [-0.2, 0) is 6.54 Å². The average molecular weight is 396 g/mol. The number of rotatable bonds is 4. The maximum atomic E-state index is 13.4. The second-order valence-electron chi connectivity index (χ2n) is 7.74. The van der Waals surface area contributed by atoms with E-state index in [1.807, 2.05) is 17.0 Å². The molecule has 3 aromatic rings. The topological polar surface area (TPSA) is 66.6 Å². The van der Waals surface area contributed by atoms with Crippen molar-refractivity contribution in [2.45, 2.75) is 32.7 Å². The van der Waals surface area contributed by atoms with Crippen LogP contribution in [0.25, 0.3) is 5.78 Å². The Morgan fingerprint density at radius 2 is 2.03 bits per heavy atom. The monoisotopic (exact) mass is 396 g/mol. The Morgan fingerprint density at radius 3 is 2.83 bits per heavy atom. The highest BCUT2D eigenvalue weighted by atomic mass is 19.1. The summed E-state index contributed by atoms with van der Waals surface area (Å²) in [4.78, 5) is 25.8. The predicted octanol–water partition coefficient (Wildman–Crippen LogP) is 2.73. The van der Waals surface area contributed by atoms with Crippen molar-refractivity contribution in [1.82, 2.24) is 29.4 Å². The number of nitrogens with zero attached hydrogens (tertiary/aromatic N) is 6. The molecule has 152 valence electrons. The molecule has 1 fully saturated rings. The van der Waals surface area contributed by atoms with Gasteiger partial charge in [0.15, 0.2) is 0 Å². The molecule has 0 radical (unpaired) electrons. The second-order valence-corrected chi connectivity index (χ2v) is 7.74. The van der Waals surface area contributed by atoms with Gasteiger partial charge in [0.1, 0.15) is 17.8 Å². The van der Waals surface area contributed by atoms with Crippen LogP contribution in [0, 0.1) is 5.82 Å². The Balaban J connectivity index is 1.48. The summed E-state index contributed by atoms with van der Waals surface area (Å²) in [5.41, 5.74) is 2.27. The molecule has 7 nitrogen and oxygen atoms in total. The number of carbonyl (C=O) groups is 1. The summed E-state index contributed by atoms with van der Waals surface area (Å²) in [5, 5.41) is 4.21. The first-order valence-corrected chi connectivity index (χ1v) is 9.98. The zero-order valence-corrected chi connectivity index (χ0v) is 16.8. The molecule has 29 heavy (non-hydrogen) atoms. The van der Waals surface area contributed by atoms with E-state index in [0.29, 0.717) is 31.1 Å². The van der Waals surface area contributed by atoms with Crippen LogP contribution in [0.3, 0.4) is 0 Å². The third-order valence-corrected chi connectivity index (χ3v) is 5.26. The molecule has 0 N–H and O–H groups in total. The second kappa shape index (κ2) is 8.24. The highest BCUT2D eigenvalue weighted by molar-refractivity contribution is 5.92. The quantitative estimate of drug-likeness (QED) is 0.678. The molecule has 0 unspecified atom stereocenters. The van der Waals surface area contributed by atoms with Crippen molar-refractivity contribution < 1.29 is 9.18 Å². The molecule has 0 atom stereocenters. The smallest absolute Gasteiger partial charge is 0.272 e. The van der Waals surface area contributed by atoms with E-state index in [1.165, 1.54) is 12.4 Å². The first-order valence-electron chi connectivity index (χ1n) is 9.98. The normalized spacial score (nSPS) is 15.8. The maximum absolute atomic E-state index is 13.4. The summed E-state index contributed by atoms with van der Waals surface area (Å²) in [6.07, 6.45) is 2.32. The van der Waals surface area contributed by atoms with Gasteiger partial charge in [-0.1, -0.05) is 26.0 Å². The van der Waals surface area contributed by atoms with Crippen LogP contribution in [0.1, 0.15) is 47.9 Å². The molecule has 1 amide bonds. The van der Waals surface area contributed by atoms with E-state index in [0.717, 1.165) is 30.8 Å². The van der Waals surface area contributed by atoms with Crippen molar-refractivity contribution in [3.8, 4) is 0 Å². The van der Waals surface area contributed by atoms with Gasteiger partial charge in [-0.2, -0.15) is 10.1 Å². The number of halogens is 1. The van der Waals surface area contributed by atoms with Crippen LogP contribution < -0.4 is 0 Å². The molecule has 3 heterocycles. The molecule has 0 aliphatic carbocycles. The summed E-state index contributed by atoms with van der Waals surface area (Å²) >= 11 is 0. The van der Waals surface area contributed by atoms with E-state index in [1.54, 1.807) is 16.6 Å². The van der Waals surface area contributed by atoms with Gasteiger partial charge in [-0.25, -0.2) is 13.9 Å². The lowest BCUT2D eigenvalue weighted by atomic mass is 10.1. The fourth-order valence-electron chi connectivity index (χ4n) is 3.74. The molecule has 1 aromatic carbocycles. The standard InChI is InChI=1S/C21H25FN6O/c1-15(2)19-12-18(25-21-23-14-24-28(19)21)20(29)27-8-4-7-26(9-10-27)13-16-5-3-6-17(22)11-16/h3,5-6,11-12,14-15H,4,7-10,13H2,1-2H3. The molecule has 1 aliphatic rings. The van der Waals surface area contributed by atoms with Gasteiger partial charge < -0.3 is 4.90 Å². The van der Waals surface area contributed by atoms with Crippen molar-refractivity contribution in [2.24, 2.45) is 0 Å². The van der Waals surface area contributed by atoms with Crippen molar-refractivity contribution in [1.29, 1.82) is 0 Å². The van der Waals surface area contributed by atoms with Gasteiger partial charge in [0.25, 0.3) is 11.7 Å². The number of fused-ring (bicyclic) bond motifs is 1. The fourth-order valence-corrected chi connectivity index (χ4v) is 3.74. The van der Waals surface area contributed by atoms with E-state index in [-0.39, 0.29) is 17.6 Å². The van der Waals surface area contributed by atoms with E-state index in [9.17, 15) is 9.18 Å². The van der Waals surface area contributed by atoms with E-state index >= 15 is 0 Å². The van der Waals surface area contributed by atoms with Crippen LogP contribution in [-0.4, -0.2) is 61.5 Å². The van der Waals surface area contributed by atoms with E-state index in [4.69, 9.17) is 0 Å². The number of hydrogen-bond acceptors (Lipinski definition) is 5. The van der Waals surface area contributed by atoms with Crippen LogP contribution in [0.2, 0.25) is 0 Å². The van der Waals surface area contributed by atoms with Crippen LogP contribution >= 0.6 is 0 Å². The SMILES string of the molecule is CC(C)c1cc(C(=O)N2CCCN(Cc3cccc(F)c3)CC2)nc2ncnn12. The van der Waals surface area contributed by atoms with E-state index in [2.05, 4.69) is 33.8 Å². The summed E-state index contributed by atoms with van der Waals surface area (Å²) < 4.78 is 15.1. The van der Waals surface area contributed by atoms with Gasteiger partial charge in [0.05, 0.1) is 5.69 Å². The minimum atomic E-state index is -0.218. The van der Waals surface area contributed by atoms with Gasteiger partial charge in [-0.15, -0.1) is 0 Å². The lowest BCUT2D eigenvalue weighted by molar-refractivity contribution is 0.0755. The lowest BCUT2D eigenvalue weighted by Gasteiger charge is -2.22. The van der Waals surface area contributed by atoms with Crippen molar-refractivity contribution in [2.75, 3.05) is 26.2 Å². The number of hydrogen-bond donors (Lipinski definition) is 0. The van der Waals surface area contributed by atoms with Gasteiger partial charge in [-0.05, 0) is 36.1 Å². The lowest BCUT2D eigenvalue weighted by Crippen LogP contribution is -2.35. The maximum Gasteiger partial charge on any atom is 0.272 e. The number of carbonyl (C=O) groups excluding carboxylic acids is 1. The summed E-state index contributed by atoms with van der Waals surface area (Å²) in [5.74, 6) is 0.344. The Labute approximate surface area is 169 Å². The minimum Gasteiger partial charge on any atom is -0.336 e. The molecule has 1 saturated heterocycles. The van der Waals surface area contributed by atoms with Crippen LogP contribution in [0.5, 0.6) is 0 Å². The van der Waals surface area contributed by atoms with Crippen molar-refractivity contribution >= 4 is 11.7 Å². The minimum absolute atomic E-state index is 0.0787. The summed E-state index contributed by atoms with van der Waals surface area (Å²) in [6, 6.07) is 8.51. The van der Waals surface area contributed by atoms with Crippen LogP contribution in [0.15, 0.2) is 36.7 Å². The van der Waals surface area contributed by atoms with Gasteiger partial charge in [-0.3, -0.25) is 9.69 Å². The zero-order chi connectivity index (χ0) is 20.4. The molecule has 2 aromatic heterocycles. The molecule has 0 bridgehead atoms. The fraction of sp³-hybridized carbons (Fsp3) is 0.429. The average Bonchev–Trinajstić information content (AvgIpc) is 3.05. The number of aromatic nitrogens is 4. The molecular formula is C21H25FN6O. The predicted molar refractivity (Wildman–Crippen MR) is 107 cm³/mol. The number of benzene rings is 1. The molecule has 1 aliphatic heterocycles. The van der Waals surface area contributed by atoms with Gasteiger partial charge >= 0.3 is 0 Å². The first kappa shape index (κ1) is 19.4. The number of amides is 1. The Hall–Kier alpha value is -2.87. The molecule has 4 rings (SSSR count). The molecule has 0 spiro atoms. The first-order chi connectivity index (χ1) is 14.0. The third kappa shape index (κ3) is 4.27. The Bertz CT molecular complexity index is 1020. The van der Waals surface area contributed by atoms with Crippen molar-refractivity contribution in [3.05, 3.63) is 59.4 Å². The molecular weight excluding hydrogens is 371 g/mol. The van der Waals surface area contributed by atoms with E-state index < -0.39 is 0 Å². The van der Waals surface area contributed by atoms with Crippen LogP contribution in [0.4, 0.5) is 4.39 Å². The Kier molecular flexibility index (Phi) is 5.53. The van der Waals surface area contributed by atoms with Gasteiger partial charge in [0, 0.05) is 32.7 Å². The molecule has 8 heteroatoms. The van der Waals surface area contributed by atoms with Crippen molar-refractivity contribution in [3.63, 3.8) is 0 Å². The zero-order valence-electron chi connectivity index (χ0n) is 16.8. The largest absolute Gasteiger partial charge is 0.336 e. The third-order valence-electron chi connectivity index (χ3n) is 5.26. The van der Waals surface area contributed by atoms with Gasteiger partial charge in [0.2, 0.25) is 0 Å². The summed E-state index contributed by atoms with van der Waals surface area (Å²) in [7, 11) is 0. The molecule has 0 saturated carbocycles. The Morgan fingerprint density at radius 1 is 1.17 bits per heavy atom. The summed E-state index contributed by atoms with van der Waals surface area (Å²) in [6.45, 7) is 7.70. The highest BCUT2D eigenvalue weighted by Crippen LogP contribution is 2.18.